The molecule has 1 aromatic rings. The molecule has 78 valence electrons. The molecule has 3 N–H and O–H groups in total. The fourth-order valence-corrected chi connectivity index (χ4v) is 1.67. The lowest BCUT2D eigenvalue weighted by Gasteiger charge is -2.31. The number of hydrogen-bond donors (Lipinski definition) is 2. The zero-order chi connectivity index (χ0) is 10.8. The number of ether oxygens (including phenoxy) is 1. The van der Waals surface area contributed by atoms with E-state index in [0.717, 1.165) is 11.4 Å². The molecule has 15 heavy (non-hydrogen) atoms. The average Bonchev–Trinajstić information content (AvgIpc) is 2.20. The molecular weight excluding hydrogens is 190 g/mol. The summed E-state index contributed by atoms with van der Waals surface area (Å²) in [6.07, 6.45) is 0.295. The van der Waals surface area contributed by atoms with Crippen molar-refractivity contribution in [1.82, 2.24) is 0 Å². The fourth-order valence-electron chi connectivity index (χ4n) is 1.67. The summed E-state index contributed by atoms with van der Waals surface area (Å²) < 4.78 is 5.70. The quantitative estimate of drug-likeness (QED) is 0.682. The van der Waals surface area contributed by atoms with E-state index < -0.39 is 0 Å². The highest BCUT2D eigenvalue weighted by atomic mass is 16.5. The highest BCUT2D eigenvalue weighted by Crippen LogP contribution is 2.33. The van der Waals surface area contributed by atoms with Crippen LogP contribution in [0.2, 0.25) is 0 Å². The number of nitrogens with two attached hydrogens (primary N) is 1. The third-order valence-electron chi connectivity index (χ3n) is 2.52. The van der Waals surface area contributed by atoms with Gasteiger partial charge in [0.15, 0.2) is 0 Å². The molecule has 0 spiro atoms. The Balaban J connectivity index is 2.26. The molecule has 0 amide bonds. The van der Waals surface area contributed by atoms with Crippen LogP contribution in [-0.2, 0) is 0 Å². The number of hydrogen-bond acceptors (Lipinski definition) is 4. The number of fused-ring (bicyclic) bond motifs is 1. The first-order valence-electron chi connectivity index (χ1n) is 4.90. The molecule has 0 aliphatic carbocycles. The van der Waals surface area contributed by atoms with Gasteiger partial charge in [0.2, 0.25) is 0 Å². The smallest absolute Gasteiger partial charge is 0.143 e. The van der Waals surface area contributed by atoms with Crippen molar-refractivity contribution in [3.05, 3.63) is 18.2 Å². The van der Waals surface area contributed by atoms with E-state index >= 15 is 0 Å². The van der Waals surface area contributed by atoms with Gasteiger partial charge in [-0.15, -0.1) is 0 Å². The standard InChI is InChI=1S/C11H13N3O/c1-7-10(4-5-12)15-11-3-2-8(13)6-9(11)14-7/h2-3,6-7,10,14H,4,13H2,1H3. The van der Waals surface area contributed by atoms with Crippen LogP contribution in [0.25, 0.3) is 0 Å². The number of nitriles is 1. The van der Waals surface area contributed by atoms with Crippen molar-refractivity contribution < 1.29 is 4.74 Å². The van der Waals surface area contributed by atoms with E-state index in [2.05, 4.69) is 11.4 Å². The van der Waals surface area contributed by atoms with Gasteiger partial charge in [0.05, 0.1) is 24.2 Å². The van der Waals surface area contributed by atoms with Gasteiger partial charge >= 0.3 is 0 Å². The first kappa shape index (κ1) is 9.66. The molecule has 1 aliphatic rings. The molecule has 1 heterocycles. The summed E-state index contributed by atoms with van der Waals surface area (Å²) in [6, 6.07) is 7.70. The monoisotopic (exact) mass is 203 g/mol. The first-order chi connectivity index (χ1) is 7.20. The molecular formula is C11H13N3O. The summed E-state index contributed by atoms with van der Waals surface area (Å²) in [4.78, 5) is 0. The second-order valence-electron chi connectivity index (χ2n) is 3.71. The zero-order valence-corrected chi connectivity index (χ0v) is 8.53. The van der Waals surface area contributed by atoms with E-state index in [4.69, 9.17) is 15.7 Å². The maximum absolute atomic E-state index is 8.65. The van der Waals surface area contributed by atoms with Gasteiger partial charge in [0.1, 0.15) is 11.9 Å². The fraction of sp³-hybridized carbons (Fsp3) is 0.364. The molecule has 4 nitrogen and oxygen atoms in total. The number of rotatable bonds is 1. The van der Waals surface area contributed by atoms with E-state index in [9.17, 15) is 0 Å². The summed E-state index contributed by atoms with van der Waals surface area (Å²) in [5, 5.41) is 11.9. The van der Waals surface area contributed by atoms with Crippen LogP contribution < -0.4 is 15.8 Å². The number of benzene rings is 1. The average molecular weight is 203 g/mol. The predicted molar refractivity (Wildman–Crippen MR) is 58.6 cm³/mol. The molecule has 1 aliphatic heterocycles. The Morgan fingerprint density at radius 3 is 3.13 bits per heavy atom. The minimum atomic E-state index is -0.0916. The van der Waals surface area contributed by atoms with Gasteiger partial charge in [-0.25, -0.2) is 0 Å². The van der Waals surface area contributed by atoms with Crippen LogP contribution in [0.15, 0.2) is 18.2 Å². The molecule has 0 aromatic heterocycles. The highest BCUT2D eigenvalue weighted by molar-refractivity contribution is 5.65. The molecule has 2 atom stereocenters. The Bertz CT molecular complexity index is 411. The van der Waals surface area contributed by atoms with E-state index in [1.807, 2.05) is 19.1 Å². The van der Waals surface area contributed by atoms with Crippen LogP contribution in [0.1, 0.15) is 13.3 Å². The molecule has 0 saturated heterocycles. The first-order valence-corrected chi connectivity index (χ1v) is 4.90. The molecule has 0 saturated carbocycles. The second kappa shape index (κ2) is 3.70. The Kier molecular flexibility index (Phi) is 2.38. The molecule has 1 aromatic carbocycles. The van der Waals surface area contributed by atoms with Crippen molar-refractivity contribution in [3.8, 4) is 11.8 Å². The molecule has 2 rings (SSSR count). The van der Waals surface area contributed by atoms with Gasteiger partial charge in [-0.3, -0.25) is 0 Å². The minimum Gasteiger partial charge on any atom is -0.485 e. The van der Waals surface area contributed by atoms with Crippen molar-refractivity contribution in [2.24, 2.45) is 0 Å². The zero-order valence-electron chi connectivity index (χ0n) is 8.53. The summed E-state index contributed by atoms with van der Waals surface area (Å²) >= 11 is 0. The van der Waals surface area contributed by atoms with Crippen molar-refractivity contribution in [1.29, 1.82) is 5.26 Å². The molecule has 4 heteroatoms. The summed E-state index contributed by atoms with van der Waals surface area (Å²) in [5.74, 6) is 0.766. The highest BCUT2D eigenvalue weighted by Gasteiger charge is 2.25. The maximum Gasteiger partial charge on any atom is 0.143 e. The van der Waals surface area contributed by atoms with Crippen LogP contribution in [0.3, 0.4) is 0 Å². The molecule has 0 bridgehead atoms. The van der Waals surface area contributed by atoms with E-state index in [1.54, 1.807) is 6.07 Å². The van der Waals surface area contributed by atoms with Crippen LogP contribution >= 0.6 is 0 Å². The predicted octanol–water partition coefficient (Wildman–Crippen LogP) is 1.74. The lowest BCUT2D eigenvalue weighted by atomic mass is 10.1. The van der Waals surface area contributed by atoms with Gasteiger partial charge in [-0.05, 0) is 25.1 Å². The van der Waals surface area contributed by atoms with Crippen molar-refractivity contribution in [3.63, 3.8) is 0 Å². The number of nitrogen functional groups attached to an aromatic ring is 1. The molecule has 0 fully saturated rings. The van der Waals surface area contributed by atoms with Gasteiger partial charge in [-0.2, -0.15) is 5.26 Å². The Hall–Kier alpha value is -1.89. The summed E-state index contributed by atoms with van der Waals surface area (Å²) in [7, 11) is 0. The normalized spacial score (nSPS) is 23.2. The minimum absolute atomic E-state index is 0.0916. The van der Waals surface area contributed by atoms with Crippen LogP contribution in [0.4, 0.5) is 11.4 Å². The largest absolute Gasteiger partial charge is 0.485 e. The van der Waals surface area contributed by atoms with Crippen LogP contribution in [0, 0.1) is 11.3 Å². The van der Waals surface area contributed by atoms with E-state index in [1.165, 1.54) is 0 Å². The van der Waals surface area contributed by atoms with Crippen molar-refractivity contribution >= 4 is 11.4 Å². The van der Waals surface area contributed by atoms with E-state index in [0.29, 0.717) is 12.1 Å². The topological polar surface area (TPSA) is 71.1 Å². The third-order valence-corrected chi connectivity index (χ3v) is 2.52. The van der Waals surface area contributed by atoms with Crippen molar-refractivity contribution in [2.45, 2.75) is 25.5 Å². The van der Waals surface area contributed by atoms with Crippen LogP contribution in [-0.4, -0.2) is 12.1 Å². The summed E-state index contributed by atoms with van der Waals surface area (Å²) in [6.45, 7) is 1.99. The van der Waals surface area contributed by atoms with Gasteiger partial charge in [0, 0.05) is 5.69 Å². The van der Waals surface area contributed by atoms with E-state index in [-0.39, 0.29) is 12.1 Å². The third kappa shape index (κ3) is 1.82. The number of nitrogens with one attached hydrogen (secondary N) is 1. The lowest BCUT2D eigenvalue weighted by Crippen LogP contribution is -2.38. The maximum atomic E-state index is 8.65. The SMILES string of the molecule is CC1Nc2cc(N)ccc2OC1CC#N. The lowest BCUT2D eigenvalue weighted by molar-refractivity contribution is 0.179. The van der Waals surface area contributed by atoms with Gasteiger partial charge in [0.25, 0.3) is 0 Å². The Morgan fingerprint density at radius 2 is 2.40 bits per heavy atom. The molecule has 0 radical (unpaired) electrons. The second-order valence-corrected chi connectivity index (χ2v) is 3.71. The van der Waals surface area contributed by atoms with Gasteiger partial charge in [-0.1, -0.05) is 0 Å². The Morgan fingerprint density at radius 1 is 1.60 bits per heavy atom. The van der Waals surface area contributed by atoms with Crippen LogP contribution in [0.5, 0.6) is 5.75 Å². The van der Waals surface area contributed by atoms with Gasteiger partial charge < -0.3 is 15.8 Å². The number of anilines is 2. The number of nitrogens with zero attached hydrogens (tertiary/aromatic N) is 1. The Labute approximate surface area is 88.6 Å². The molecule has 2 unspecified atom stereocenters. The summed E-state index contributed by atoms with van der Waals surface area (Å²) in [5.41, 5.74) is 7.28. The van der Waals surface area contributed by atoms with Crippen molar-refractivity contribution in [2.75, 3.05) is 11.1 Å².